The highest BCUT2D eigenvalue weighted by Gasteiger charge is 2.35. The number of hydrogen-bond acceptors (Lipinski definition) is 4. The van der Waals surface area contributed by atoms with Crippen molar-refractivity contribution in [3.63, 3.8) is 0 Å². The normalized spacial score (nSPS) is 13.0. The van der Waals surface area contributed by atoms with Crippen LogP contribution < -0.4 is 5.32 Å². The monoisotopic (exact) mass is 606 g/mol. The number of para-hydroxylation sites is 1. The van der Waals surface area contributed by atoms with Crippen molar-refractivity contribution in [2.75, 3.05) is 25.0 Å². The van der Waals surface area contributed by atoms with Gasteiger partial charge in [-0.3, -0.25) is 4.79 Å². The Morgan fingerprint density at radius 3 is 2.34 bits per heavy atom. The summed E-state index contributed by atoms with van der Waals surface area (Å²) < 4.78 is 44.4. The van der Waals surface area contributed by atoms with Crippen LogP contribution in [0.5, 0.6) is 0 Å². The third kappa shape index (κ3) is 7.58. The summed E-state index contributed by atoms with van der Waals surface area (Å²) in [5.74, 6) is -0.777. The molecule has 1 aliphatic carbocycles. The molecule has 0 unspecified atom stereocenters. The van der Waals surface area contributed by atoms with Crippen molar-refractivity contribution < 1.29 is 32.3 Å². The SMILES string of the molecule is CCOC(=O)c1ccc(NC(=O)N(CC(=O)N(CCc2c[nH]c3ccccc23)Cc2ccc(C(F)(F)F)cc2)C2CC2)cc1. The van der Waals surface area contributed by atoms with Crippen molar-refractivity contribution in [1.29, 1.82) is 0 Å². The van der Waals surface area contributed by atoms with Gasteiger partial charge in [0, 0.05) is 41.9 Å². The number of alkyl halides is 3. The molecule has 3 aromatic carbocycles. The second kappa shape index (κ2) is 13.2. The van der Waals surface area contributed by atoms with Gasteiger partial charge in [-0.1, -0.05) is 30.3 Å². The van der Waals surface area contributed by atoms with Gasteiger partial charge in [0.15, 0.2) is 0 Å². The molecule has 0 radical (unpaired) electrons. The third-order valence-electron chi connectivity index (χ3n) is 7.53. The molecular formula is C33H33F3N4O4. The van der Waals surface area contributed by atoms with E-state index in [1.54, 1.807) is 36.1 Å². The van der Waals surface area contributed by atoms with Gasteiger partial charge in [-0.2, -0.15) is 13.2 Å². The Hall–Kier alpha value is -4.80. The van der Waals surface area contributed by atoms with Gasteiger partial charge in [-0.15, -0.1) is 0 Å². The van der Waals surface area contributed by atoms with E-state index >= 15 is 0 Å². The first-order valence-electron chi connectivity index (χ1n) is 14.5. The number of rotatable bonds is 11. The van der Waals surface area contributed by atoms with Crippen LogP contribution in [0.15, 0.2) is 79.0 Å². The number of ether oxygens (including phenoxy) is 1. The molecule has 0 spiro atoms. The summed E-state index contributed by atoms with van der Waals surface area (Å²) in [7, 11) is 0. The Morgan fingerprint density at radius 2 is 1.68 bits per heavy atom. The van der Waals surface area contributed by atoms with Crippen LogP contribution in [0.3, 0.4) is 0 Å². The summed E-state index contributed by atoms with van der Waals surface area (Å²) in [5, 5.41) is 3.83. The van der Waals surface area contributed by atoms with E-state index in [0.717, 1.165) is 41.4 Å². The van der Waals surface area contributed by atoms with Crippen molar-refractivity contribution in [2.24, 2.45) is 0 Å². The summed E-state index contributed by atoms with van der Waals surface area (Å²) in [5.41, 5.74) is 2.58. The number of esters is 1. The average Bonchev–Trinajstić information content (AvgIpc) is 3.77. The molecule has 1 aromatic heterocycles. The van der Waals surface area contributed by atoms with Crippen LogP contribution in [0.1, 0.15) is 46.8 Å². The van der Waals surface area contributed by atoms with Crippen LogP contribution in [0.4, 0.5) is 23.7 Å². The molecule has 1 fully saturated rings. The summed E-state index contributed by atoms with van der Waals surface area (Å²) in [6, 6.07) is 18.3. The van der Waals surface area contributed by atoms with Gasteiger partial charge in [0.2, 0.25) is 5.91 Å². The minimum absolute atomic E-state index is 0.0920. The lowest BCUT2D eigenvalue weighted by Gasteiger charge is -2.28. The third-order valence-corrected chi connectivity index (χ3v) is 7.53. The van der Waals surface area contributed by atoms with Gasteiger partial charge in [0.25, 0.3) is 0 Å². The van der Waals surface area contributed by atoms with Crippen molar-refractivity contribution >= 4 is 34.5 Å². The predicted octanol–water partition coefficient (Wildman–Crippen LogP) is 6.63. The maximum atomic E-state index is 13.7. The second-order valence-electron chi connectivity index (χ2n) is 10.7. The number of nitrogens with one attached hydrogen (secondary N) is 2. The number of urea groups is 1. The van der Waals surface area contributed by atoms with Crippen LogP contribution in [0.2, 0.25) is 0 Å². The Labute approximate surface area is 252 Å². The molecule has 0 atom stereocenters. The van der Waals surface area contributed by atoms with Gasteiger partial charge in [0.05, 0.1) is 17.7 Å². The average molecular weight is 607 g/mol. The van der Waals surface area contributed by atoms with E-state index in [1.165, 1.54) is 17.0 Å². The number of H-pyrrole nitrogens is 1. The number of halogens is 3. The van der Waals surface area contributed by atoms with E-state index in [2.05, 4.69) is 10.3 Å². The number of amides is 3. The van der Waals surface area contributed by atoms with Gasteiger partial charge < -0.3 is 24.8 Å². The highest BCUT2D eigenvalue weighted by atomic mass is 19.4. The number of aromatic amines is 1. The lowest BCUT2D eigenvalue weighted by atomic mass is 10.1. The molecule has 11 heteroatoms. The Bertz CT molecular complexity index is 1610. The minimum Gasteiger partial charge on any atom is -0.462 e. The molecule has 4 aromatic rings. The first-order valence-corrected chi connectivity index (χ1v) is 14.5. The zero-order valence-corrected chi connectivity index (χ0v) is 24.2. The zero-order chi connectivity index (χ0) is 31.3. The Morgan fingerprint density at radius 1 is 0.977 bits per heavy atom. The Balaban J connectivity index is 1.30. The molecule has 1 saturated carbocycles. The van der Waals surface area contributed by atoms with Gasteiger partial charge in [0.1, 0.15) is 6.54 Å². The molecule has 5 rings (SSSR count). The highest BCUT2D eigenvalue weighted by Crippen LogP contribution is 2.30. The predicted molar refractivity (Wildman–Crippen MR) is 160 cm³/mol. The van der Waals surface area contributed by atoms with Gasteiger partial charge >= 0.3 is 18.2 Å². The minimum atomic E-state index is -4.46. The van der Waals surface area contributed by atoms with Crippen molar-refractivity contribution in [3.05, 3.63) is 101 Å². The van der Waals surface area contributed by atoms with Crippen molar-refractivity contribution in [1.82, 2.24) is 14.8 Å². The standard InChI is InChI=1S/C33H33F3N4O4/c1-2-44-31(42)23-9-13-26(14-10-23)38-32(43)40(27-15-16-27)21-30(41)39(20-22-7-11-25(12-8-22)33(34,35)36)18-17-24-19-37-29-6-4-3-5-28(24)29/h3-14,19,27,37H,2,15-18,20-21H2,1H3,(H,38,43). The number of carbonyl (C=O) groups excluding carboxylic acids is 3. The summed E-state index contributed by atoms with van der Waals surface area (Å²) in [6.07, 6.45) is -0.532. The summed E-state index contributed by atoms with van der Waals surface area (Å²) in [4.78, 5) is 45.3. The van der Waals surface area contributed by atoms with Gasteiger partial charge in [-0.05, 0) is 79.8 Å². The number of hydrogen-bond donors (Lipinski definition) is 2. The molecule has 8 nitrogen and oxygen atoms in total. The van der Waals surface area contributed by atoms with Crippen LogP contribution in [0.25, 0.3) is 10.9 Å². The Kier molecular flexibility index (Phi) is 9.22. The molecule has 1 aliphatic rings. The fraction of sp³-hybridized carbons (Fsp3) is 0.303. The molecule has 230 valence electrons. The van der Waals surface area contributed by atoms with E-state index < -0.39 is 23.7 Å². The van der Waals surface area contributed by atoms with E-state index in [4.69, 9.17) is 4.74 Å². The van der Waals surface area contributed by atoms with E-state index in [1.807, 2.05) is 30.5 Å². The molecule has 1 heterocycles. The van der Waals surface area contributed by atoms with Crippen LogP contribution in [-0.4, -0.2) is 58.4 Å². The number of anilines is 1. The van der Waals surface area contributed by atoms with Crippen LogP contribution >= 0.6 is 0 Å². The second-order valence-corrected chi connectivity index (χ2v) is 10.7. The van der Waals surface area contributed by atoms with Crippen molar-refractivity contribution in [2.45, 2.75) is 44.9 Å². The van der Waals surface area contributed by atoms with Crippen molar-refractivity contribution in [3.8, 4) is 0 Å². The first-order chi connectivity index (χ1) is 21.1. The highest BCUT2D eigenvalue weighted by molar-refractivity contribution is 5.94. The fourth-order valence-electron chi connectivity index (χ4n) is 5.00. The van der Waals surface area contributed by atoms with Crippen LogP contribution in [-0.2, 0) is 28.7 Å². The number of aromatic nitrogens is 1. The lowest BCUT2D eigenvalue weighted by molar-refractivity contribution is -0.137. The van der Waals surface area contributed by atoms with Gasteiger partial charge in [-0.25, -0.2) is 9.59 Å². The zero-order valence-electron chi connectivity index (χ0n) is 24.2. The molecule has 0 aliphatic heterocycles. The summed E-state index contributed by atoms with van der Waals surface area (Å²) in [6.45, 7) is 2.17. The smallest absolute Gasteiger partial charge is 0.416 e. The quantitative estimate of drug-likeness (QED) is 0.187. The summed E-state index contributed by atoms with van der Waals surface area (Å²) >= 11 is 0. The van der Waals surface area contributed by atoms with E-state index in [-0.39, 0.29) is 31.6 Å². The lowest BCUT2D eigenvalue weighted by Crippen LogP contribution is -2.45. The van der Waals surface area contributed by atoms with Crippen LogP contribution in [0, 0.1) is 0 Å². The van der Waals surface area contributed by atoms with E-state index in [9.17, 15) is 27.6 Å². The molecule has 44 heavy (non-hydrogen) atoms. The molecular weight excluding hydrogens is 573 g/mol. The topological polar surface area (TPSA) is 94.7 Å². The number of fused-ring (bicyclic) bond motifs is 1. The largest absolute Gasteiger partial charge is 0.462 e. The number of carbonyl (C=O) groups is 3. The fourth-order valence-corrected chi connectivity index (χ4v) is 5.00. The first kappa shape index (κ1) is 30.7. The maximum Gasteiger partial charge on any atom is 0.416 e. The molecule has 0 bridgehead atoms. The maximum absolute atomic E-state index is 13.7. The number of nitrogens with zero attached hydrogens (tertiary/aromatic N) is 2. The van der Waals surface area contributed by atoms with E-state index in [0.29, 0.717) is 29.8 Å². The molecule has 2 N–H and O–H groups in total. The molecule has 3 amide bonds. The number of benzene rings is 3. The molecule has 0 saturated heterocycles.